The molecule has 2 heterocycles. The number of aromatic amines is 1. The Balaban J connectivity index is 1.16. The predicted molar refractivity (Wildman–Crippen MR) is 180 cm³/mol. The highest BCUT2D eigenvalue weighted by Gasteiger charge is 2.29. The molecule has 0 bridgehead atoms. The van der Waals surface area contributed by atoms with Crippen LogP contribution in [-0.4, -0.2) is 71.6 Å². The van der Waals surface area contributed by atoms with Crippen LogP contribution in [0.15, 0.2) is 66.9 Å². The average Bonchev–Trinajstić information content (AvgIpc) is 3.56. The first-order valence-electron chi connectivity index (χ1n) is 16.3. The van der Waals surface area contributed by atoms with Crippen molar-refractivity contribution in [3.63, 3.8) is 0 Å². The van der Waals surface area contributed by atoms with Crippen LogP contribution < -0.4 is 21.7 Å². The van der Waals surface area contributed by atoms with E-state index < -0.39 is 6.04 Å². The highest BCUT2D eigenvalue weighted by molar-refractivity contribution is 5.99. The first-order chi connectivity index (χ1) is 22.4. The van der Waals surface area contributed by atoms with Gasteiger partial charge in [-0.2, -0.15) is 5.10 Å². The quantitative estimate of drug-likeness (QED) is 0.191. The monoisotopic (exact) mass is 621 g/mol. The number of H-pyrrole nitrogens is 1. The first-order valence-corrected chi connectivity index (χ1v) is 16.3. The van der Waals surface area contributed by atoms with Gasteiger partial charge < -0.3 is 26.6 Å². The number of rotatable bonds is 9. The molecule has 240 valence electrons. The number of aryl methyl sites for hydroxylation is 1. The third-order valence-corrected chi connectivity index (χ3v) is 9.48. The van der Waals surface area contributed by atoms with E-state index in [1.807, 2.05) is 72.5 Å². The highest BCUT2D eigenvalue weighted by atomic mass is 16.2. The lowest BCUT2D eigenvalue weighted by Crippen LogP contribution is -2.48. The van der Waals surface area contributed by atoms with E-state index in [0.29, 0.717) is 30.1 Å². The number of nitrogens with two attached hydrogens (primary N) is 1. The van der Waals surface area contributed by atoms with Crippen LogP contribution in [0.4, 0.5) is 5.69 Å². The smallest absolute Gasteiger partial charge is 0.253 e. The topological polar surface area (TPSA) is 145 Å². The van der Waals surface area contributed by atoms with Crippen LogP contribution in [0.2, 0.25) is 0 Å². The summed E-state index contributed by atoms with van der Waals surface area (Å²) in [6.07, 6.45) is 5.51. The maximum absolute atomic E-state index is 13.6. The Kier molecular flexibility index (Phi) is 9.75. The number of anilines is 1. The summed E-state index contributed by atoms with van der Waals surface area (Å²) in [6, 6.07) is 18.8. The van der Waals surface area contributed by atoms with Gasteiger partial charge in [-0.05, 0) is 97.7 Å². The van der Waals surface area contributed by atoms with Gasteiger partial charge in [0, 0.05) is 55.2 Å². The van der Waals surface area contributed by atoms with Crippen LogP contribution in [0.5, 0.6) is 0 Å². The van der Waals surface area contributed by atoms with Crippen molar-refractivity contribution >= 4 is 34.3 Å². The van der Waals surface area contributed by atoms with Gasteiger partial charge >= 0.3 is 0 Å². The van der Waals surface area contributed by atoms with E-state index in [1.165, 1.54) is 0 Å². The molecular formula is C36H43N7O3. The zero-order valence-corrected chi connectivity index (χ0v) is 26.4. The second-order valence-electron chi connectivity index (χ2n) is 12.6. The first kappa shape index (κ1) is 31.4. The Morgan fingerprint density at radius 1 is 0.978 bits per heavy atom. The Hall–Kier alpha value is -4.54. The summed E-state index contributed by atoms with van der Waals surface area (Å²) in [5.41, 5.74) is 12.0. The zero-order valence-electron chi connectivity index (χ0n) is 26.4. The van der Waals surface area contributed by atoms with E-state index in [-0.39, 0.29) is 23.6 Å². The molecule has 3 aromatic carbocycles. The van der Waals surface area contributed by atoms with Gasteiger partial charge in [0.15, 0.2) is 0 Å². The lowest BCUT2D eigenvalue weighted by Gasteiger charge is -2.28. The van der Waals surface area contributed by atoms with Gasteiger partial charge in [0.1, 0.15) is 6.04 Å². The molecule has 2 fully saturated rings. The van der Waals surface area contributed by atoms with Crippen LogP contribution in [-0.2, 0) is 16.0 Å². The van der Waals surface area contributed by atoms with Crippen LogP contribution in [0.1, 0.15) is 47.2 Å². The fourth-order valence-corrected chi connectivity index (χ4v) is 6.63. The molecule has 0 spiro atoms. The number of piperazine rings is 1. The molecule has 1 saturated heterocycles. The van der Waals surface area contributed by atoms with Crippen molar-refractivity contribution in [3.8, 4) is 11.1 Å². The average molecular weight is 622 g/mol. The van der Waals surface area contributed by atoms with E-state index in [0.717, 1.165) is 85.0 Å². The Bertz CT molecular complexity index is 1690. The number of nitrogens with zero attached hydrogens (tertiary/aromatic N) is 2. The van der Waals surface area contributed by atoms with E-state index >= 15 is 0 Å². The van der Waals surface area contributed by atoms with Crippen molar-refractivity contribution in [3.05, 3.63) is 83.6 Å². The third kappa shape index (κ3) is 7.29. The molecular weight excluding hydrogens is 578 g/mol. The molecule has 1 aliphatic heterocycles. The molecule has 46 heavy (non-hydrogen) atoms. The molecule has 0 radical (unpaired) electrons. The van der Waals surface area contributed by atoms with Crippen LogP contribution >= 0.6 is 0 Å². The Labute approximate surface area is 269 Å². The van der Waals surface area contributed by atoms with Gasteiger partial charge in [-0.3, -0.25) is 19.5 Å². The summed E-state index contributed by atoms with van der Waals surface area (Å²) in [4.78, 5) is 41.9. The molecule has 10 heteroatoms. The van der Waals surface area contributed by atoms with Gasteiger partial charge in [-0.25, -0.2) is 0 Å². The minimum Gasteiger partial charge on any atom is -0.344 e. The number of amides is 3. The summed E-state index contributed by atoms with van der Waals surface area (Å²) >= 11 is 0. The number of nitrogens with one attached hydrogen (secondary N) is 4. The number of hydrogen-bond donors (Lipinski definition) is 5. The summed E-state index contributed by atoms with van der Waals surface area (Å²) < 4.78 is 0. The molecule has 1 unspecified atom stereocenters. The van der Waals surface area contributed by atoms with Crippen molar-refractivity contribution < 1.29 is 14.4 Å². The van der Waals surface area contributed by atoms with E-state index in [4.69, 9.17) is 5.73 Å². The van der Waals surface area contributed by atoms with Gasteiger partial charge in [0.05, 0.1) is 11.7 Å². The van der Waals surface area contributed by atoms with E-state index in [2.05, 4.69) is 26.1 Å². The molecule has 1 aliphatic carbocycles. The minimum atomic E-state index is -0.750. The van der Waals surface area contributed by atoms with Crippen molar-refractivity contribution in [2.45, 2.75) is 45.1 Å². The molecule has 10 nitrogen and oxygen atoms in total. The number of carbonyl (C=O) groups is 3. The van der Waals surface area contributed by atoms with Crippen molar-refractivity contribution in [1.29, 1.82) is 0 Å². The Morgan fingerprint density at radius 3 is 2.46 bits per heavy atom. The van der Waals surface area contributed by atoms with Crippen LogP contribution in [0.25, 0.3) is 22.0 Å². The second-order valence-corrected chi connectivity index (χ2v) is 12.6. The SMILES string of the molecule is Cc1cc(C(=O)N2CCNCC2)ccc1-c1ccc(CC(NC(=O)C2CCC(CN)CC2)C(=O)Nc2ccc3cn[nH]c3c2)cc1. The largest absolute Gasteiger partial charge is 0.344 e. The summed E-state index contributed by atoms with van der Waals surface area (Å²) in [6.45, 7) is 5.74. The molecule has 1 saturated carbocycles. The maximum Gasteiger partial charge on any atom is 0.253 e. The summed E-state index contributed by atoms with van der Waals surface area (Å²) in [5, 5.41) is 17.3. The standard InChI is InChI=1S/C36H43N7O3/c1-23-18-28(36(46)43-16-14-38-15-17-43)11-13-31(23)26-6-2-24(3-7-26)19-33(41-34(44)27-8-4-25(21-37)5-9-27)35(45)40-30-12-10-29-22-39-42-32(29)20-30/h2-3,6-7,10-13,18,20,22,25,27,33,38H,4-5,8-9,14-17,19,21,37H2,1H3,(H,39,42)(H,40,45)(H,41,44). The van der Waals surface area contributed by atoms with Crippen molar-refractivity contribution in [1.82, 2.24) is 25.7 Å². The number of fused-ring (bicyclic) bond motifs is 1. The molecule has 1 atom stereocenters. The van der Waals surface area contributed by atoms with Crippen molar-refractivity contribution in [2.24, 2.45) is 17.6 Å². The zero-order chi connectivity index (χ0) is 32.0. The van der Waals surface area contributed by atoms with Crippen LogP contribution in [0.3, 0.4) is 0 Å². The minimum absolute atomic E-state index is 0.0646. The van der Waals surface area contributed by atoms with Gasteiger partial charge in [-0.1, -0.05) is 30.3 Å². The maximum atomic E-state index is 13.6. The number of carbonyl (C=O) groups excluding carboxylic acids is 3. The predicted octanol–water partition coefficient (Wildman–Crippen LogP) is 4.01. The summed E-state index contributed by atoms with van der Waals surface area (Å²) in [5.74, 6) is 0.0578. The molecule has 6 N–H and O–H groups in total. The van der Waals surface area contributed by atoms with Gasteiger partial charge in [0.2, 0.25) is 11.8 Å². The fourth-order valence-electron chi connectivity index (χ4n) is 6.63. The lowest BCUT2D eigenvalue weighted by molar-refractivity contribution is -0.130. The normalized spacial score (nSPS) is 19.0. The van der Waals surface area contributed by atoms with Gasteiger partial charge in [-0.15, -0.1) is 0 Å². The lowest BCUT2D eigenvalue weighted by atomic mass is 9.81. The van der Waals surface area contributed by atoms with Crippen molar-refractivity contribution in [2.75, 3.05) is 38.0 Å². The molecule has 1 aromatic heterocycles. The molecule has 3 amide bonds. The van der Waals surface area contributed by atoms with E-state index in [9.17, 15) is 14.4 Å². The molecule has 2 aliphatic rings. The van der Waals surface area contributed by atoms with E-state index in [1.54, 1.807) is 6.20 Å². The molecule has 6 rings (SSSR count). The highest BCUT2D eigenvalue weighted by Crippen LogP contribution is 2.29. The third-order valence-electron chi connectivity index (χ3n) is 9.48. The Morgan fingerprint density at radius 2 is 1.74 bits per heavy atom. The number of hydrogen-bond acceptors (Lipinski definition) is 6. The fraction of sp³-hybridized carbons (Fsp3) is 0.389. The summed E-state index contributed by atoms with van der Waals surface area (Å²) in [7, 11) is 0. The number of aromatic nitrogens is 2. The number of benzene rings is 3. The second kappa shape index (κ2) is 14.3. The van der Waals surface area contributed by atoms with Crippen LogP contribution in [0, 0.1) is 18.8 Å². The molecule has 4 aromatic rings. The van der Waals surface area contributed by atoms with Gasteiger partial charge in [0.25, 0.3) is 5.91 Å².